The van der Waals surface area contributed by atoms with E-state index in [1.807, 2.05) is 12.1 Å². The lowest BCUT2D eigenvalue weighted by atomic mass is 10.2. The third-order valence-electron chi connectivity index (χ3n) is 4.25. The van der Waals surface area contributed by atoms with E-state index in [4.69, 9.17) is 9.47 Å². The first-order chi connectivity index (χ1) is 14.0. The predicted molar refractivity (Wildman–Crippen MR) is 108 cm³/mol. The summed E-state index contributed by atoms with van der Waals surface area (Å²) in [4.78, 5) is 35.3. The average Bonchev–Trinajstić information content (AvgIpc) is 3.25. The molecule has 152 valence electrons. The number of rotatable bonds is 8. The molecule has 29 heavy (non-hydrogen) atoms. The molecule has 1 N–H and O–H groups in total. The molecule has 0 unspecified atom stereocenters. The van der Waals surface area contributed by atoms with Gasteiger partial charge in [-0.2, -0.15) is 0 Å². The molecule has 3 rings (SSSR count). The Morgan fingerprint density at radius 3 is 2.66 bits per heavy atom. The van der Waals surface area contributed by atoms with Crippen LogP contribution in [0.3, 0.4) is 0 Å². The second kappa shape index (κ2) is 10.0. The summed E-state index contributed by atoms with van der Waals surface area (Å²) in [6.45, 7) is 0.319. The predicted octanol–water partition coefficient (Wildman–Crippen LogP) is 3.66. The highest BCUT2D eigenvalue weighted by atomic mass is 32.2. The maximum atomic E-state index is 12.4. The summed E-state index contributed by atoms with van der Waals surface area (Å²) in [5, 5.41) is 13.2. The topological polar surface area (TPSA) is 108 Å². The van der Waals surface area contributed by atoms with Crippen LogP contribution in [0.15, 0.2) is 53.4 Å². The van der Waals surface area contributed by atoms with Gasteiger partial charge in [0, 0.05) is 35.1 Å². The maximum Gasteiger partial charge on any atom is 0.339 e. The molecule has 8 nitrogen and oxygen atoms in total. The number of carbonyl (C=O) groups is 2. The van der Waals surface area contributed by atoms with Crippen LogP contribution in [0.25, 0.3) is 0 Å². The van der Waals surface area contributed by atoms with Crippen LogP contribution < -0.4 is 5.32 Å². The Bertz CT molecular complexity index is 881. The number of hydrogen-bond donors (Lipinski definition) is 1. The fraction of sp³-hybridized carbons (Fsp3) is 0.300. The molecule has 0 aliphatic carbocycles. The van der Waals surface area contributed by atoms with Gasteiger partial charge in [0.2, 0.25) is 0 Å². The Kier molecular flexibility index (Phi) is 7.20. The van der Waals surface area contributed by atoms with Crippen LogP contribution in [0.1, 0.15) is 23.2 Å². The van der Waals surface area contributed by atoms with Crippen molar-refractivity contribution in [3.05, 3.63) is 64.2 Å². The first-order valence-corrected chi connectivity index (χ1v) is 10.1. The van der Waals surface area contributed by atoms with Crippen molar-refractivity contribution in [1.29, 1.82) is 0 Å². The van der Waals surface area contributed by atoms with Gasteiger partial charge in [0.05, 0.1) is 16.6 Å². The summed E-state index contributed by atoms with van der Waals surface area (Å²) in [6.07, 6.45) is 2.26. The fourth-order valence-electron chi connectivity index (χ4n) is 2.79. The highest BCUT2D eigenvalue weighted by Gasteiger charge is 2.19. The number of nitro benzene ring substituents is 1. The Hall–Kier alpha value is -2.91. The van der Waals surface area contributed by atoms with Crippen molar-refractivity contribution in [3.8, 4) is 0 Å². The number of amides is 1. The summed E-state index contributed by atoms with van der Waals surface area (Å²) in [5.41, 5.74) is 0.703. The Morgan fingerprint density at radius 2 is 1.97 bits per heavy atom. The SMILES string of the molecule is O=C(COC(=O)c1ccccc1SC[C@H]1CCCO1)Nc1ccc([N+](=O)[O-])cc1. The number of non-ortho nitro benzene ring substituents is 1. The van der Waals surface area contributed by atoms with Crippen LogP contribution in [0.4, 0.5) is 11.4 Å². The Balaban J connectivity index is 1.52. The summed E-state index contributed by atoms with van der Waals surface area (Å²) in [7, 11) is 0. The molecule has 1 amide bonds. The maximum absolute atomic E-state index is 12.4. The molecule has 2 aromatic carbocycles. The molecule has 1 heterocycles. The van der Waals surface area contributed by atoms with E-state index in [-0.39, 0.29) is 11.8 Å². The molecule has 0 bridgehead atoms. The molecule has 0 saturated carbocycles. The summed E-state index contributed by atoms with van der Waals surface area (Å²) in [5.74, 6) is -0.360. The van der Waals surface area contributed by atoms with E-state index >= 15 is 0 Å². The van der Waals surface area contributed by atoms with Crippen LogP contribution in [-0.2, 0) is 14.3 Å². The molecule has 1 aliphatic rings. The van der Waals surface area contributed by atoms with Gasteiger partial charge in [-0.25, -0.2) is 4.79 Å². The number of benzene rings is 2. The third kappa shape index (κ3) is 6.03. The molecule has 9 heteroatoms. The number of hydrogen-bond acceptors (Lipinski definition) is 7. The highest BCUT2D eigenvalue weighted by Crippen LogP contribution is 2.27. The lowest BCUT2D eigenvalue weighted by Gasteiger charge is -2.12. The van der Waals surface area contributed by atoms with Gasteiger partial charge in [0.1, 0.15) is 0 Å². The van der Waals surface area contributed by atoms with Crippen molar-refractivity contribution in [2.75, 3.05) is 24.3 Å². The minimum absolute atomic E-state index is 0.0773. The van der Waals surface area contributed by atoms with E-state index < -0.39 is 23.4 Å². The lowest BCUT2D eigenvalue weighted by molar-refractivity contribution is -0.384. The number of nitro groups is 1. The number of carbonyl (C=O) groups excluding carboxylic acids is 2. The minimum atomic E-state index is -0.584. The van der Waals surface area contributed by atoms with Crippen molar-refractivity contribution >= 4 is 35.0 Å². The van der Waals surface area contributed by atoms with Crippen molar-refractivity contribution < 1.29 is 24.0 Å². The van der Waals surface area contributed by atoms with Crippen LogP contribution in [0, 0.1) is 10.1 Å². The van der Waals surface area contributed by atoms with Crippen LogP contribution in [0.2, 0.25) is 0 Å². The van der Waals surface area contributed by atoms with Gasteiger partial charge in [0.15, 0.2) is 6.61 Å². The summed E-state index contributed by atoms with van der Waals surface area (Å²) >= 11 is 1.53. The van der Waals surface area contributed by atoms with Gasteiger partial charge in [-0.3, -0.25) is 14.9 Å². The van der Waals surface area contributed by atoms with Crippen LogP contribution in [-0.4, -0.2) is 41.9 Å². The number of nitrogens with one attached hydrogen (secondary N) is 1. The molecule has 0 spiro atoms. The molecule has 2 aromatic rings. The van der Waals surface area contributed by atoms with Gasteiger partial charge in [0.25, 0.3) is 11.6 Å². The second-order valence-corrected chi connectivity index (χ2v) is 7.43. The second-order valence-electron chi connectivity index (χ2n) is 6.37. The standard InChI is InChI=1S/C20H20N2O6S/c23-19(21-14-7-9-15(10-8-14)22(25)26)12-28-20(24)17-5-1-2-6-18(17)29-13-16-4-3-11-27-16/h1-2,5-10,16H,3-4,11-13H2,(H,21,23)/t16-/m1/s1. The molecule has 1 atom stereocenters. The lowest BCUT2D eigenvalue weighted by Crippen LogP contribution is -2.21. The van der Waals surface area contributed by atoms with E-state index in [9.17, 15) is 19.7 Å². The molecule has 1 saturated heterocycles. The van der Waals surface area contributed by atoms with Crippen molar-refractivity contribution in [1.82, 2.24) is 0 Å². The van der Waals surface area contributed by atoms with Crippen molar-refractivity contribution in [3.63, 3.8) is 0 Å². The highest BCUT2D eigenvalue weighted by molar-refractivity contribution is 7.99. The van der Waals surface area contributed by atoms with Gasteiger partial charge >= 0.3 is 5.97 Å². The largest absolute Gasteiger partial charge is 0.452 e. The first kappa shape index (κ1) is 20.8. The molecule has 1 fully saturated rings. The first-order valence-electron chi connectivity index (χ1n) is 9.08. The van der Waals surface area contributed by atoms with Crippen LogP contribution >= 0.6 is 11.8 Å². The van der Waals surface area contributed by atoms with E-state index in [2.05, 4.69) is 5.32 Å². The smallest absolute Gasteiger partial charge is 0.339 e. The summed E-state index contributed by atoms with van der Waals surface area (Å²) < 4.78 is 10.7. The van der Waals surface area contributed by atoms with Crippen LogP contribution in [0.5, 0.6) is 0 Å². The van der Waals surface area contributed by atoms with E-state index in [1.165, 1.54) is 36.0 Å². The number of anilines is 1. The van der Waals surface area contributed by atoms with Gasteiger partial charge < -0.3 is 14.8 Å². The quantitative estimate of drug-likeness (QED) is 0.303. The van der Waals surface area contributed by atoms with Gasteiger partial charge in [-0.1, -0.05) is 12.1 Å². The number of thioether (sulfide) groups is 1. The summed E-state index contributed by atoms with van der Waals surface area (Å²) in [6, 6.07) is 12.5. The third-order valence-corrected chi connectivity index (χ3v) is 5.46. The number of ether oxygens (including phenoxy) is 2. The van der Waals surface area contributed by atoms with Crippen molar-refractivity contribution in [2.24, 2.45) is 0 Å². The molecule has 0 aromatic heterocycles. The minimum Gasteiger partial charge on any atom is -0.452 e. The zero-order valence-corrected chi connectivity index (χ0v) is 16.4. The van der Waals surface area contributed by atoms with Gasteiger partial charge in [-0.15, -0.1) is 11.8 Å². The van der Waals surface area contributed by atoms with E-state index in [0.29, 0.717) is 11.3 Å². The number of esters is 1. The number of nitrogens with zero attached hydrogens (tertiary/aromatic N) is 1. The Labute approximate surface area is 171 Å². The van der Waals surface area contributed by atoms with Crippen molar-refractivity contribution in [2.45, 2.75) is 23.8 Å². The van der Waals surface area contributed by atoms with Gasteiger partial charge in [-0.05, 0) is 37.1 Å². The molecular formula is C20H20N2O6S. The zero-order chi connectivity index (χ0) is 20.6. The Morgan fingerprint density at radius 1 is 1.21 bits per heavy atom. The fourth-order valence-corrected chi connectivity index (χ4v) is 3.90. The zero-order valence-electron chi connectivity index (χ0n) is 15.5. The normalized spacial score (nSPS) is 15.7. The monoisotopic (exact) mass is 416 g/mol. The average molecular weight is 416 g/mol. The van der Waals surface area contributed by atoms with E-state index in [0.717, 1.165) is 30.1 Å². The molecule has 1 aliphatic heterocycles. The molecular weight excluding hydrogens is 396 g/mol. The molecule has 0 radical (unpaired) electrons. The van der Waals surface area contributed by atoms with E-state index in [1.54, 1.807) is 12.1 Å².